The largest absolute Gasteiger partial charge is 0.348 e. The third-order valence-corrected chi connectivity index (χ3v) is 4.01. The minimum Gasteiger partial charge on any atom is -0.348 e. The highest BCUT2D eigenvalue weighted by molar-refractivity contribution is 5.94. The van der Waals surface area contributed by atoms with Crippen molar-refractivity contribution in [3.8, 4) is 0 Å². The second-order valence-electron chi connectivity index (χ2n) is 5.08. The molecule has 1 aromatic heterocycles. The molecule has 0 bridgehead atoms. The summed E-state index contributed by atoms with van der Waals surface area (Å²) in [6, 6.07) is 1.58. The predicted molar refractivity (Wildman–Crippen MR) is 64.6 cm³/mol. The van der Waals surface area contributed by atoms with Crippen molar-refractivity contribution in [2.45, 2.75) is 31.3 Å². The van der Waals surface area contributed by atoms with Crippen LogP contribution >= 0.6 is 0 Å². The molecule has 2 atom stereocenters. The SMILES string of the molecule is O=C(NC1CCN2CCCC12)c1ccnc(F)c1F. The Kier molecular flexibility index (Phi) is 3.18. The summed E-state index contributed by atoms with van der Waals surface area (Å²) >= 11 is 0. The molecule has 0 spiro atoms. The second kappa shape index (κ2) is 4.85. The molecular formula is C13H15F2N3O. The molecule has 2 aliphatic rings. The van der Waals surface area contributed by atoms with Gasteiger partial charge in [0, 0.05) is 24.8 Å². The summed E-state index contributed by atoms with van der Waals surface area (Å²) in [7, 11) is 0. The number of aromatic nitrogens is 1. The fourth-order valence-electron chi connectivity index (χ4n) is 3.09. The van der Waals surface area contributed by atoms with Crippen molar-refractivity contribution in [1.29, 1.82) is 0 Å². The Morgan fingerprint density at radius 1 is 1.37 bits per heavy atom. The highest BCUT2D eigenvalue weighted by Gasteiger charge is 2.38. The Bertz CT molecular complexity index is 509. The average Bonchev–Trinajstić information content (AvgIpc) is 2.97. The van der Waals surface area contributed by atoms with Crippen LogP contribution in [0.1, 0.15) is 29.6 Å². The molecule has 4 nitrogen and oxygen atoms in total. The molecule has 1 aromatic rings. The highest BCUT2D eigenvalue weighted by atomic mass is 19.2. The minimum atomic E-state index is -1.23. The number of nitrogens with zero attached hydrogens (tertiary/aromatic N) is 2. The van der Waals surface area contributed by atoms with Crippen LogP contribution in [0.4, 0.5) is 8.78 Å². The molecule has 0 saturated carbocycles. The lowest BCUT2D eigenvalue weighted by Gasteiger charge is -2.21. The van der Waals surface area contributed by atoms with E-state index >= 15 is 0 Å². The van der Waals surface area contributed by atoms with Crippen LogP contribution in [0.5, 0.6) is 0 Å². The topological polar surface area (TPSA) is 45.2 Å². The summed E-state index contributed by atoms with van der Waals surface area (Å²) < 4.78 is 26.5. The highest BCUT2D eigenvalue weighted by Crippen LogP contribution is 2.28. The van der Waals surface area contributed by atoms with E-state index in [0.717, 1.165) is 38.5 Å². The van der Waals surface area contributed by atoms with Gasteiger partial charge in [-0.2, -0.15) is 4.39 Å². The number of pyridine rings is 1. The first-order chi connectivity index (χ1) is 9.16. The molecule has 102 valence electrons. The maximum atomic E-state index is 13.5. The summed E-state index contributed by atoms with van der Waals surface area (Å²) in [6.07, 6.45) is 4.16. The van der Waals surface area contributed by atoms with Crippen LogP contribution in [0.25, 0.3) is 0 Å². The number of halogens is 2. The number of rotatable bonds is 2. The summed E-state index contributed by atoms with van der Waals surface area (Å²) in [5, 5.41) is 2.82. The fourth-order valence-corrected chi connectivity index (χ4v) is 3.09. The normalized spacial score (nSPS) is 26.4. The summed E-state index contributed by atoms with van der Waals surface area (Å²) in [4.78, 5) is 17.5. The van der Waals surface area contributed by atoms with Gasteiger partial charge in [0.05, 0.1) is 5.56 Å². The lowest BCUT2D eigenvalue weighted by molar-refractivity contribution is 0.0924. The van der Waals surface area contributed by atoms with Gasteiger partial charge in [-0.25, -0.2) is 9.37 Å². The summed E-state index contributed by atoms with van der Waals surface area (Å²) in [5.41, 5.74) is -0.274. The maximum Gasteiger partial charge on any atom is 0.254 e. The lowest BCUT2D eigenvalue weighted by Crippen LogP contribution is -2.42. The Balaban J connectivity index is 1.73. The van der Waals surface area contributed by atoms with Crippen molar-refractivity contribution in [2.75, 3.05) is 13.1 Å². The molecule has 0 radical (unpaired) electrons. The average molecular weight is 267 g/mol. The van der Waals surface area contributed by atoms with Gasteiger partial charge in [0.1, 0.15) is 0 Å². The maximum absolute atomic E-state index is 13.5. The first-order valence-corrected chi connectivity index (χ1v) is 6.52. The Morgan fingerprint density at radius 3 is 3.05 bits per heavy atom. The lowest BCUT2D eigenvalue weighted by atomic mass is 10.1. The standard InChI is InChI=1S/C13H15F2N3O/c14-11-8(3-5-16-12(11)15)13(19)17-9-4-7-18-6-1-2-10(9)18/h3,5,9-10H,1-2,4,6-7H2,(H,17,19). The molecule has 2 aliphatic heterocycles. The Morgan fingerprint density at radius 2 is 2.21 bits per heavy atom. The minimum absolute atomic E-state index is 0.0330. The Hall–Kier alpha value is -1.56. The van der Waals surface area contributed by atoms with Gasteiger partial charge in [-0.15, -0.1) is 0 Å². The van der Waals surface area contributed by atoms with E-state index in [1.54, 1.807) is 0 Å². The van der Waals surface area contributed by atoms with E-state index in [-0.39, 0.29) is 11.6 Å². The van der Waals surface area contributed by atoms with Gasteiger partial charge in [-0.1, -0.05) is 0 Å². The quantitative estimate of drug-likeness (QED) is 0.822. The zero-order valence-corrected chi connectivity index (χ0v) is 10.4. The molecule has 2 saturated heterocycles. The van der Waals surface area contributed by atoms with Gasteiger partial charge in [-0.3, -0.25) is 9.69 Å². The van der Waals surface area contributed by atoms with Gasteiger partial charge in [0.2, 0.25) is 5.95 Å². The number of fused-ring (bicyclic) bond motifs is 1. The first kappa shape index (κ1) is 12.5. The molecule has 0 aromatic carbocycles. The van der Waals surface area contributed by atoms with Crippen LogP contribution in [0, 0.1) is 11.8 Å². The summed E-state index contributed by atoms with van der Waals surface area (Å²) in [6.45, 7) is 2.03. The van der Waals surface area contributed by atoms with Crippen molar-refractivity contribution >= 4 is 5.91 Å². The van der Waals surface area contributed by atoms with Crippen LogP contribution in [-0.4, -0.2) is 41.0 Å². The number of nitrogens with one attached hydrogen (secondary N) is 1. The molecular weight excluding hydrogens is 252 g/mol. The van der Waals surface area contributed by atoms with Crippen LogP contribution < -0.4 is 5.32 Å². The van der Waals surface area contributed by atoms with Crippen molar-refractivity contribution < 1.29 is 13.6 Å². The van der Waals surface area contributed by atoms with Crippen LogP contribution in [0.3, 0.4) is 0 Å². The van der Waals surface area contributed by atoms with Gasteiger partial charge >= 0.3 is 0 Å². The van der Waals surface area contributed by atoms with Crippen molar-refractivity contribution in [2.24, 2.45) is 0 Å². The van der Waals surface area contributed by atoms with E-state index in [1.807, 2.05) is 0 Å². The number of carbonyl (C=O) groups excluding carboxylic acids is 1. The zero-order valence-electron chi connectivity index (χ0n) is 10.4. The van der Waals surface area contributed by atoms with E-state index in [1.165, 1.54) is 6.07 Å². The van der Waals surface area contributed by atoms with Crippen LogP contribution in [0.15, 0.2) is 12.3 Å². The Labute approximate surface area is 109 Å². The van der Waals surface area contributed by atoms with Crippen LogP contribution in [0.2, 0.25) is 0 Å². The number of amides is 1. The van der Waals surface area contributed by atoms with Gasteiger partial charge in [0.25, 0.3) is 5.91 Å². The smallest absolute Gasteiger partial charge is 0.254 e. The van der Waals surface area contributed by atoms with Crippen molar-refractivity contribution in [3.05, 3.63) is 29.6 Å². The predicted octanol–water partition coefficient (Wildman–Crippen LogP) is 1.33. The van der Waals surface area contributed by atoms with Gasteiger partial charge in [0.15, 0.2) is 5.82 Å². The zero-order chi connectivity index (χ0) is 13.4. The van der Waals surface area contributed by atoms with Crippen molar-refractivity contribution in [1.82, 2.24) is 15.2 Å². The molecule has 2 unspecified atom stereocenters. The van der Waals surface area contributed by atoms with Crippen molar-refractivity contribution in [3.63, 3.8) is 0 Å². The molecule has 2 fully saturated rings. The summed E-state index contributed by atoms with van der Waals surface area (Å²) in [5.74, 6) is -2.97. The number of hydrogen-bond acceptors (Lipinski definition) is 3. The van der Waals surface area contributed by atoms with Gasteiger partial charge < -0.3 is 5.32 Å². The molecule has 1 N–H and O–H groups in total. The molecule has 19 heavy (non-hydrogen) atoms. The second-order valence-corrected chi connectivity index (χ2v) is 5.08. The van der Waals surface area contributed by atoms with E-state index in [4.69, 9.17) is 0 Å². The van der Waals surface area contributed by atoms with Crippen LogP contribution in [-0.2, 0) is 0 Å². The molecule has 6 heteroatoms. The van der Waals surface area contributed by atoms with E-state index in [9.17, 15) is 13.6 Å². The van der Waals surface area contributed by atoms with E-state index in [0.29, 0.717) is 6.04 Å². The molecule has 1 amide bonds. The van der Waals surface area contributed by atoms with Gasteiger partial charge in [-0.05, 0) is 31.9 Å². The molecule has 3 rings (SSSR count). The number of hydrogen-bond donors (Lipinski definition) is 1. The number of carbonyl (C=O) groups is 1. The third-order valence-electron chi connectivity index (χ3n) is 4.01. The van der Waals surface area contributed by atoms with E-state index < -0.39 is 17.7 Å². The molecule has 3 heterocycles. The van der Waals surface area contributed by atoms with E-state index in [2.05, 4.69) is 15.2 Å². The third kappa shape index (κ3) is 2.20. The monoisotopic (exact) mass is 267 g/mol. The first-order valence-electron chi connectivity index (χ1n) is 6.52. The molecule has 0 aliphatic carbocycles. The fraction of sp³-hybridized carbons (Fsp3) is 0.538.